The lowest BCUT2D eigenvalue weighted by Gasteiger charge is -2.12. The average molecular weight is 250 g/mol. The zero-order valence-corrected chi connectivity index (χ0v) is 10.9. The molecule has 2 aromatic heterocycles. The highest BCUT2D eigenvalue weighted by atomic mass is 16.5. The highest BCUT2D eigenvalue weighted by Gasteiger charge is 2.07. The van der Waals surface area contributed by atoms with Crippen LogP contribution in [0.15, 0.2) is 23.1 Å². The minimum absolute atomic E-state index is 0.0356. The molecule has 6 nitrogen and oxygen atoms in total. The van der Waals surface area contributed by atoms with E-state index < -0.39 is 0 Å². The first-order chi connectivity index (χ1) is 8.63. The van der Waals surface area contributed by atoms with Crippen molar-refractivity contribution in [3.63, 3.8) is 0 Å². The molecule has 0 aliphatic heterocycles. The molecule has 0 saturated heterocycles. The van der Waals surface area contributed by atoms with Crippen LogP contribution in [-0.2, 0) is 18.3 Å². The number of aromatic nitrogens is 3. The van der Waals surface area contributed by atoms with Gasteiger partial charge in [0.25, 0.3) is 5.56 Å². The smallest absolute Gasteiger partial charge is 0.277 e. The zero-order valence-electron chi connectivity index (χ0n) is 10.9. The Bertz CT molecular complexity index is 587. The Kier molecular flexibility index (Phi) is 3.78. The first-order valence-electron chi connectivity index (χ1n) is 5.90. The summed E-state index contributed by atoms with van der Waals surface area (Å²) in [6, 6.07) is 3.58. The van der Waals surface area contributed by atoms with Crippen molar-refractivity contribution in [2.45, 2.75) is 19.6 Å². The average Bonchev–Trinajstić information content (AvgIpc) is 2.83. The van der Waals surface area contributed by atoms with Gasteiger partial charge in [-0.1, -0.05) is 0 Å². The van der Waals surface area contributed by atoms with E-state index >= 15 is 0 Å². The van der Waals surface area contributed by atoms with Crippen LogP contribution in [0.4, 0.5) is 0 Å². The van der Waals surface area contributed by atoms with Crippen LogP contribution in [0.1, 0.15) is 12.7 Å². The molecule has 0 amide bonds. The summed E-state index contributed by atoms with van der Waals surface area (Å²) in [6.07, 6.45) is 1.91. The number of fused-ring (bicyclic) bond motifs is 1. The summed E-state index contributed by atoms with van der Waals surface area (Å²) >= 11 is 0. The number of nitrogens with zero attached hydrogens (tertiary/aromatic N) is 3. The van der Waals surface area contributed by atoms with Crippen LogP contribution in [-0.4, -0.2) is 33.9 Å². The van der Waals surface area contributed by atoms with E-state index in [0.29, 0.717) is 17.9 Å². The van der Waals surface area contributed by atoms with Crippen molar-refractivity contribution in [3.05, 3.63) is 34.5 Å². The normalized spacial score (nSPS) is 13.1. The number of ether oxygens (including phenoxy) is 1. The Balaban J connectivity index is 2.18. The van der Waals surface area contributed by atoms with E-state index in [2.05, 4.69) is 10.4 Å². The van der Waals surface area contributed by atoms with Gasteiger partial charge in [0.1, 0.15) is 11.3 Å². The van der Waals surface area contributed by atoms with Gasteiger partial charge in [-0.25, -0.2) is 4.52 Å². The highest BCUT2D eigenvalue weighted by molar-refractivity contribution is 5.43. The van der Waals surface area contributed by atoms with Gasteiger partial charge in [-0.05, 0) is 19.1 Å². The molecular weight excluding hydrogens is 232 g/mol. The molecule has 2 heterocycles. The van der Waals surface area contributed by atoms with Gasteiger partial charge in [0.2, 0.25) is 0 Å². The fraction of sp³-hybridized carbons (Fsp3) is 0.500. The first kappa shape index (κ1) is 12.8. The zero-order chi connectivity index (χ0) is 13.1. The van der Waals surface area contributed by atoms with Gasteiger partial charge >= 0.3 is 0 Å². The van der Waals surface area contributed by atoms with Crippen LogP contribution < -0.4 is 10.9 Å². The van der Waals surface area contributed by atoms with E-state index in [-0.39, 0.29) is 11.7 Å². The Hall–Kier alpha value is -1.66. The summed E-state index contributed by atoms with van der Waals surface area (Å²) in [5, 5.41) is 7.61. The minimum atomic E-state index is -0.0356. The molecule has 6 heteroatoms. The monoisotopic (exact) mass is 250 g/mol. The second kappa shape index (κ2) is 5.32. The largest absolute Gasteiger partial charge is 0.380 e. The molecule has 0 saturated carbocycles. The molecule has 0 aliphatic rings. The van der Waals surface area contributed by atoms with E-state index in [0.717, 1.165) is 6.54 Å². The van der Waals surface area contributed by atoms with Crippen molar-refractivity contribution in [1.82, 2.24) is 19.5 Å². The second-order valence-electron chi connectivity index (χ2n) is 4.30. The van der Waals surface area contributed by atoms with E-state index in [9.17, 15) is 4.79 Å². The van der Waals surface area contributed by atoms with Crippen molar-refractivity contribution in [1.29, 1.82) is 0 Å². The van der Waals surface area contributed by atoms with Crippen molar-refractivity contribution >= 4 is 5.52 Å². The quantitative estimate of drug-likeness (QED) is 0.821. The van der Waals surface area contributed by atoms with Crippen LogP contribution in [0.25, 0.3) is 5.52 Å². The molecule has 0 aliphatic carbocycles. The lowest BCUT2D eigenvalue weighted by Crippen LogP contribution is -2.31. The lowest BCUT2D eigenvalue weighted by atomic mass is 10.4. The minimum Gasteiger partial charge on any atom is -0.380 e. The maximum absolute atomic E-state index is 12.0. The number of hydrogen-bond donors (Lipinski definition) is 1. The number of nitrogens with one attached hydrogen (secondary N) is 1. The van der Waals surface area contributed by atoms with Crippen LogP contribution in [0.3, 0.4) is 0 Å². The summed E-state index contributed by atoms with van der Waals surface area (Å²) in [5.41, 5.74) is 0.554. The summed E-state index contributed by atoms with van der Waals surface area (Å²) in [4.78, 5) is 12.0. The third-order valence-corrected chi connectivity index (χ3v) is 2.98. The predicted molar refractivity (Wildman–Crippen MR) is 68.6 cm³/mol. The molecule has 2 aromatic rings. The molecule has 0 aromatic carbocycles. The Labute approximate surface area is 105 Å². The van der Waals surface area contributed by atoms with E-state index in [1.165, 1.54) is 0 Å². The maximum Gasteiger partial charge on any atom is 0.277 e. The molecule has 1 atom stereocenters. The second-order valence-corrected chi connectivity index (χ2v) is 4.30. The van der Waals surface area contributed by atoms with E-state index in [1.807, 2.05) is 13.0 Å². The van der Waals surface area contributed by atoms with Crippen LogP contribution in [0.2, 0.25) is 0 Å². The van der Waals surface area contributed by atoms with Gasteiger partial charge < -0.3 is 10.1 Å². The first-order valence-corrected chi connectivity index (χ1v) is 5.90. The van der Waals surface area contributed by atoms with E-state index in [4.69, 9.17) is 4.74 Å². The highest BCUT2D eigenvalue weighted by Crippen LogP contribution is 1.98. The third kappa shape index (κ3) is 2.44. The number of hydrogen-bond acceptors (Lipinski definition) is 4. The van der Waals surface area contributed by atoms with Crippen LogP contribution in [0.5, 0.6) is 0 Å². The van der Waals surface area contributed by atoms with Gasteiger partial charge in [0.05, 0.1) is 12.6 Å². The topological polar surface area (TPSA) is 60.6 Å². The van der Waals surface area contributed by atoms with Crippen molar-refractivity contribution in [3.8, 4) is 0 Å². The summed E-state index contributed by atoms with van der Waals surface area (Å²) in [6.45, 7) is 3.23. The molecule has 0 bridgehead atoms. The summed E-state index contributed by atoms with van der Waals surface area (Å²) in [5.74, 6) is 0.701. The van der Waals surface area contributed by atoms with Crippen LogP contribution in [0, 0.1) is 0 Å². The molecule has 2 rings (SSSR count). The van der Waals surface area contributed by atoms with Crippen LogP contribution >= 0.6 is 0 Å². The molecule has 18 heavy (non-hydrogen) atoms. The lowest BCUT2D eigenvalue weighted by molar-refractivity contribution is 0.116. The van der Waals surface area contributed by atoms with Crippen molar-refractivity contribution in [2.75, 3.05) is 13.7 Å². The van der Waals surface area contributed by atoms with Gasteiger partial charge in [0, 0.05) is 26.9 Å². The fourth-order valence-electron chi connectivity index (χ4n) is 1.73. The Morgan fingerprint density at radius 3 is 3.06 bits per heavy atom. The predicted octanol–water partition coefficient (Wildman–Crippen LogP) is 0.157. The van der Waals surface area contributed by atoms with Crippen molar-refractivity contribution in [2.24, 2.45) is 7.05 Å². The molecule has 0 fully saturated rings. The molecule has 98 valence electrons. The molecule has 1 N–H and O–H groups in total. The summed E-state index contributed by atoms with van der Waals surface area (Å²) in [7, 11) is 3.41. The molecular formula is C12H18N4O2. The Morgan fingerprint density at radius 2 is 2.33 bits per heavy atom. The molecule has 0 spiro atoms. The molecule has 0 unspecified atom stereocenters. The van der Waals surface area contributed by atoms with E-state index in [1.54, 1.807) is 35.5 Å². The summed E-state index contributed by atoms with van der Waals surface area (Å²) < 4.78 is 8.32. The Morgan fingerprint density at radius 1 is 1.56 bits per heavy atom. The van der Waals surface area contributed by atoms with Gasteiger partial charge in [0.15, 0.2) is 0 Å². The van der Waals surface area contributed by atoms with Gasteiger partial charge in [-0.15, -0.1) is 0 Å². The number of rotatable bonds is 5. The van der Waals surface area contributed by atoms with Gasteiger partial charge in [-0.3, -0.25) is 9.36 Å². The van der Waals surface area contributed by atoms with Gasteiger partial charge in [-0.2, -0.15) is 5.10 Å². The van der Waals surface area contributed by atoms with Crippen molar-refractivity contribution < 1.29 is 4.74 Å². The number of methoxy groups -OCH3 is 1. The third-order valence-electron chi connectivity index (χ3n) is 2.98. The standard InChI is InChI=1S/C12H18N4O2/c1-9(18-3)7-13-8-11-14-16-6-4-5-10(16)12(17)15(11)2/h4-6,9,13H,7-8H2,1-3H3/t9-/m0/s1. The molecule has 0 radical (unpaired) electrons. The maximum atomic E-state index is 12.0. The fourth-order valence-corrected chi connectivity index (χ4v) is 1.73. The SMILES string of the molecule is CO[C@@H](C)CNCc1nn2cccc2c(=O)n1C.